The number of halogens is 1. The molecule has 35 heavy (non-hydrogen) atoms. The van der Waals surface area contributed by atoms with E-state index < -0.39 is 11.8 Å². The summed E-state index contributed by atoms with van der Waals surface area (Å²) < 4.78 is 22.0. The Morgan fingerprint density at radius 1 is 0.971 bits per heavy atom. The first-order valence-corrected chi connectivity index (χ1v) is 11.4. The van der Waals surface area contributed by atoms with Crippen molar-refractivity contribution >= 4 is 17.6 Å². The lowest BCUT2D eigenvalue weighted by molar-refractivity contribution is -0.132. The fourth-order valence-corrected chi connectivity index (χ4v) is 3.78. The van der Waals surface area contributed by atoms with E-state index in [1.807, 2.05) is 44.2 Å². The zero-order valence-corrected chi connectivity index (χ0v) is 19.8. The van der Waals surface area contributed by atoms with E-state index in [-0.39, 0.29) is 23.3 Å². The van der Waals surface area contributed by atoms with Crippen LogP contribution in [0.4, 0.5) is 10.1 Å². The summed E-state index contributed by atoms with van der Waals surface area (Å²) in [4.78, 5) is 24.2. The van der Waals surface area contributed by atoms with Gasteiger partial charge in [0.2, 0.25) is 11.8 Å². The van der Waals surface area contributed by atoms with Crippen molar-refractivity contribution in [3.8, 4) is 34.0 Å². The monoisotopic (exact) mass is 471 g/mol. The SMILES string of the molecule is CC(=O)Oc1c(-c2ccc(NC(=O)CC(C)C)cc2)c(-c2ccccc2F)nn1-c1ccccc1. The Hall–Kier alpha value is -4.26. The molecule has 0 saturated carbocycles. The second kappa shape index (κ2) is 10.3. The quantitative estimate of drug-likeness (QED) is 0.323. The van der Waals surface area contributed by atoms with Crippen LogP contribution in [0.15, 0.2) is 78.9 Å². The fraction of sp³-hybridized carbons (Fsp3) is 0.179. The van der Waals surface area contributed by atoms with Crippen LogP contribution in [0, 0.1) is 11.7 Å². The molecule has 4 rings (SSSR count). The summed E-state index contributed by atoms with van der Waals surface area (Å²) in [5.41, 5.74) is 3.03. The third kappa shape index (κ3) is 5.46. The summed E-state index contributed by atoms with van der Waals surface area (Å²) in [5, 5.41) is 7.55. The summed E-state index contributed by atoms with van der Waals surface area (Å²) in [6.45, 7) is 5.27. The maximum absolute atomic E-state index is 14.9. The number of rotatable bonds is 7. The lowest BCUT2D eigenvalue weighted by Gasteiger charge is -2.11. The highest BCUT2D eigenvalue weighted by atomic mass is 19.1. The topological polar surface area (TPSA) is 73.2 Å². The van der Waals surface area contributed by atoms with Crippen molar-refractivity contribution in [1.29, 1.82) is 0 Å². The summed E-state index contributed by atoms with van der Waals surface area (Å²) >= 11 is 0. The number of anilines is 1. The van der Waals surface area contributed by atoms with Crippen LogP contribution in [-0.2, 0) is 9.59 Å². The van der Waals surface area contributed by atoms with Crippen molar-refractivity contribution in [2.24, 2.45) is 5.92 Å². The molecule has 1 aromatic heterocycles. The molecule has 0 aliphatic carbocycles. The Bertz CT molecular complexity index is 1350. The lowest BCUT2D eigenvalue weighted by atomic mass is 10.0. The first-order valence-electron chi connectivity index (χ1n) is 11.4. The standard InChI is InChI=1S/C28H26FN3O3/c1-18(2)17-25(34)30-21-15-13-20(14-16-21)26-27(23-11-7-8-12-24(23)29)31-32(28(26)35-19(3)33)22-9-5-4-6-10-22/h4-16,18H,17H2,1-3H3,(H,30,34). The highest BCUT2D eigenvalue weighted by Gasteiger charge is 2.26. The molecule has 1 amide bonds. The normalized spacial score (nSPS) is 10.9. The molecule has 178 valence electrons. The summed E-state index contributed by atoms with van der Waals surface area (Å²) in [5.74, 6) is -0.622. The molecule has 1 N–H and O–H groups in total. The van der Waals surface area contributed by atoms with Gasteiger partial charge < -0.3 is 10.1 Å². The number of amides is 1. The zero-order chi connectivity index (χ0) is 24.9. The molecule has 0 spiro atoms. The van der Waals surface area contributed by atoms with E-state index >= 15 is 0 Å². The van der Waals surface area contributed by atoms with Gasteiger partial charge in [-0.15, -0.1) is 0 Å². The van der Waals surface area contributed by atoms with Crippen LogP contribution < -0.4 is 10.1 Å². The molecule has 4 aromatic rings. The number of esters is 1. The molecular formula is C28H26FN3O3. The summed E-state index contributed by atoms with van der Waals surface area (Å²) in [6.07, 6.45) is 0.416. The summed E-state index contributed by atoms with van der Waals surface area (Å²) in [6, 6.07) is 22.6. The highest BCUT2D eigenvalue weighted by Crippen LogP contribution is 2.41. The van der Waals surface area contributed by atoms with E-state index in [2.05, 4.69) is 10.4 Å². The lowest BCUT2D eigenvalue weighted by Crippen LogP contribution is -2.13. The maximum atomic E-state index is 14.9. The van der Waals surface area contributed by atoms with Crippen LogP contribution in [-0.4, -0.2) is 21.7 Å². The van der Waals surface area contributed by atoms with Crippen LogP contribution >= 0.6 is 0 Å². The highest BCUT2D eigenvalue weighted by molar-refractivity contribution is 5.92. The minimum atomic E-state index is -0.527. The molecule has 7 heteroatoms. The molecule has 0 radical (unpaired) electrons. The van der Waals surface area contributed by atoms with Crippen LogP contribution in [0.3, 0.4) is 0 Å². The molecule has 1 heterocycles. The Morgan fingerprint density at radius 3 is 2.26 bits per heavy atom. The van der Waals surface area contributed by atoms with E-state index in [0.717, 1.165) is 0 Å². The molecule has 0 aliphatic rings. The zero-order valence-electron chi connectivity index (χ0n) is 19.8. The number of aromatic nitrogens is 2. The molecule has 0 unspecified atom stereocenters. The Morgan fingerprint density at radius 2 is 1.63 bits per heavy atom. The summed E-state index contributed by atoms with van der Waals surface area (Å²) in [7, 11) is 0. The van der Waals surface area contributed by atoms with Crippen LogP contribution in [0.1, 0.15) is 27.2 Å². The molecule has 0 bridgehead atoms. The molecular weight excluding hydrogens is 445 g/mol. The molecule has 0 atom stereocenters. The number of nitrogens with one attached hydrogen (secondary N) is 1. The van der Waals surface area contributed by atoms with Gasteiger partial charge in [-0.3, -0.25) is 9.59 Å². The van der Waals surface area contributed by atoms with Crippen molar-refractivity contribution in [2.75, 3.05) is 5.32 Å². The third-order valence-corrected chi connectivity index (χ3v) is 5.26. The average Bonchev–Trinajstić information content (AvgIpc) is 3.18. The first kappa shape index (κ1) is 23.9. The predicted molar refractivity (Wildman–Crippen MR) is 134 cm³/mol. The second-order valence-corrected chi connectivity index (χ2v) is 8.57. The number of nitrogens with zero attached hydrogens (tertiary/aromatic N) is 2. The predicted octanol–water partition coefficient (Wildman–Crippen LogP) is 6.26. The van der Waals surface area contributed by atoms with Gasteiger partial charge in [0.05, 0.1) is 11.3 Å². The van der Waals surface area contributed by atoms with Gasteiger partial charge in [-0.25, -0.2) is 4.39 Å². The van der Waals surface area contributed by atoms with Crippen molar-refractivity contribution < 1.29 is 18.7 Å². The molecule has 3 aromatic carbocycles. The second-order valence-electron chi connectivity index (χ2n) is 8.57. The number of hydrogen-bond acceptors (Lipinski definition) is 4. The van der Waals surface area contributed by atoms with Crippen LogP contribution in [0.5, 0.6) is 5.88 Å². The average molecular weight is 472 g/mol. The third-order valence-electron chi connectivity index (χ3n) is 5.26. The van der Waals surface area contributed by atoms with Crippen molar-refractivity contribution in [3.63, 3.8) is 0 Å². The van der Waals surface area contributed by atoms with Gasteiger partial charge in [-0.05, 0) is 47.9 Å². The fourth-order valence-electron chi connectivity index (χ4n) is 3.78. The van der Waals surface area contributed by atoms with E-state index in [0.29, 0.717) is 34.6 Å². The van der Waals surface area contributed by atoms with E-state index in [9.17, 15) is 14.0 Å². The van der Waals surface area contributed by atoms with Crippen molar-refractivity contribution in [2.45, 2.75) is 27.2 Å². The van der Waals surface area contributed by atoms with Gasteiger partial charge in [0, 0.05) is 24.6 Å². The molecule has 0 fully saturated rings. The maximum Gasteiger partial charge on any atom is 0.309 e. The van der Waals surface area contributed by atoms with Crippen molar-refractivity contribution in [1.82, 2.24) is 9.78 Å². The van der Waals surface area contributed by atoms with E-state index in [1.165, 1.54) is 17.7 Å². The van der Waals surface area contributed by atoms with Gasteiger partial charge >= 0.3 is 5.97 Å². The minimum absolute atomic E-state index is 0.0719. The van der Waals surface area contributed by atoms with Crippen LogP contribution in [0.2, 0.25) is 0 Å². The van der Waals surface area contributed by atoms with E-state index in [4.69, 9.17) is 4.74 Å². The number of carbonyl (C=O) groups excluding carboxylic acids is 2. The Kier molecular flexibility index (Phi) is 7.06. The number of carbonyl (C=O) groups is 2. The molecule has 0 aliphatic heterocycles. The smallest absolute Gasteiger partial charge is 0.309 e. The van der Waals surface area contributed by atoms with Gasteiger partial charge in [0.25, 0.3) is 0 Å². The van der Waals surface area contributed by atoms with Crippen molar-refractivity contribution in [3.05, 3.63) is 84.7 Å². The van der Waals surface area contributed by atoms with Gasteiger partial charge in [0.1, 0.15) is 11.5 Å². The minimum Gasteiger partial charge on any atom is -0.407 e. The largest absolute Gasteiger partial charge is 0.407 e. The van der Waals surface area contributed by atoms with Crippen LogP contribution in [0.25, 0.3) is 28.1 Å². The molecule has 6 nitrogen and oxygen atoms in total. The number of ether oxygens (including phenoxy) is 1. The van der Waals surface area contributed by atoms with Gasteiger partial charge in [-0.2, -0.15) is 9.78 Å². The molecule has 0 saturated heterocycles. The van der Waals surface area contributed by atoms with E-state index in [1.54, 1.807) is 42.5 Å². The number of benzene rings is 3. The van der Waals surface area contributed by atoms with Gasteiger partial charge in [-0.1, -0.05) is 56.3 Å². The number of para-hydroxylation sites is 1. The number of hydrogen-bond donors (Lipinski definition) is 1. The first-order chi connectivity index (χ1) is 16.8. The Labute approximate surface area is 203 Å². The van der Waals surface area contributed by atoms with Gasteiger partial charge in [0.15, 0.2) is 0 Å². The Balaban J connectivity index is 1.87.